The van der Waals surface area contributed by atoms with E-state index in [1.165, 1.54) is 25.1 Å². The molecule has 2 rings (SSSR count). The van der Waals surface area contributed by atoms with Crippen LogP contribution in [0.1, 0.15) is 12.8 Å². The van der Waals surface area contributed by atoms with Gasteiger partial charge in [-0.3, -0.25) is 0 Å². The van der Waals surface area contributed by atoms with Crippen LogP contribution in [-0.4, -0.2) is 51.3 Å². The van der Waals surface area contributed by atoms with Crippen LogP contribution in [-0.2, 0) is 4.74 Å². The Morgan fingerprint density at radius 3 is 2.83 bits per heavy atom. The van der Waals surface area contributed by atoms with E-state index >= 15 is 0 Å². The van der Waals surface area contributed by atoms with E-state index in [-0.39, 0.29) is 0 Å². The maximum Gasteiger partial charge on any atom is 0.0589 e. The van der Waals surface area contributed by atoms with E-state index in [2.05, 4.69) is 47.2 Å². The van der Waals surface area contributed by atoms with Crippen molar-refractivity contribution in [1.29, 1.82) is 0 Å². The summed E-state index contributed by atoms with van der Waals surface area (Å²) in [5.74, 6) is 0. The third-order valence-corrected chi connectivity index (χ3v) is 3.66. The molecule has 100 valence electrons. The van der Waals surface area contributed by atoms with E-state index in [1.807, 2.05) is 0 Å². The van der Waals surface area contributed by atoms with Gasteiger partial charge in [0.2, 0.25) is 0 Å². The first kappa shape index (κ1) is 13.4. The zero-order valence-electron chi connectivity index (χ0n) is 11.5. The lowest BCUT2D eigenvalue weighted by atomic mass is 10.2. The highest BCUT2D eigenvalue weighted by Gasteiger charge is 2.25. The predicted octanol–water partition coefficient (Wildman–Crippen LogP) is 2.23. The Bertz CT molecular complexity index is 342. The number of methoxy groups -OCH3 is 1. The summed E-state index contributed by atoms with van der Waals surface area (Å²) in [6, 6.07) is 11.4. The van der Waals surface area contributed by atoms with Gasteiger partial charge in [0.15, 0.2) is 0 Å². The Morgan fingerprint density at radius 1 is 1.33 bits per heavy atom. The van der Waals surface area contributed by atoms with Crippen molar-refractivity contribution < 1.29 is 4.74 Å². The molecule has 18 heavy (non-hydrogen) atoms. The summed E-state index contributed by atoms with van der Waals surface area (Å²) in [6.07, 6.45) is 2.60. The number of para-hydroxylation sites is 1. The number of anilines is 1. The maximum atomic E-state index is 5.13. The van der Waals surface area contributed by atoms with Crippen LogP contribution in [0.2, 0.25) is 0 Å². The molecule has 0 amide bonds. The van der Waals surface area contributed by atoms with Gasteiger partial charge in [-0.25, -0.2) is 0 Å². The molecular formula is C15H24N2O. The number of hydrogen-bond donors (Lipinski definition) is 0. The SMILES string of the molecule is COCCN(C)CC1CCCN1c1ccccc1. The Balaban J connectivity index is 1.91. The molecule has 0 radical (unpaired) electrons. The number of benzene rings is 1. The number of ether oxygens (including phenoxy) is 1. The quantitative estimate of drug-likeness (QED) is 0.768. The largest absolute Gasteiger partial charge is 0.383 e. The first-order valence-corrected chi connectivity index (χ1v) is 6.80. The van der Waals surface area contributed by atoms with Crippen molar-refractivity contribution in [2.75, 3.05) is 45.3 Å². The molecule has 1 aromatic rings. The monoisotopic (exact) mass is 248 g/mol. The molecule has 1 unspecified atom stereocenters. The number of likely N-dealkylation sites (N-methyl/N-ethyl adjacent to an activating group) is 1. The standard InChI is InChI=1S/C15H24N2O/c1-16(11-12-18-2)13-15-9-6-10-17(15)14-7-4-3-5-8-14/h3-5,7-8,15H,6,9-13H2,1-2H3. The van der Waals surface area contributed by atoms with Gasteiger partial charge in [0.1, 0.15) is 0 Å². The zero-order valence-corrected chi connectivity index (χ0v) is 11.5. The zero-order chi connectivity index (χ0) is 12.8. The molecule has 1 aliphatic rings. The van der Waals surface area contributed by atoms with E-state index in [0.29, 0.717) is 6.04 Å². The molecule has 0 saturated carbocycles. The van der Waals surface area contributed by atoms with Crippen LogP contribution in [0.5, 0.6) is 0 Å². The molecule has 0 spiro atoms. The Kier molecular flexibility index (Phi) is 5.02. The summed E-state index contributed by atoms with van der Waals surface area (Å²) >= 11 is 0. The lowest BCUT2D eigenvalue weighted by molar-refractivity contribution is 0.158. The summed E-state index contributed by atoms with van der Waals surface area (Å²) < 4.78 is 5.13. The fraction of sp³-hybridized carbons (Fsp3) is 0.600. The van der Waals surface area contributed by atoms with Gasteiger partial charge in [-0.1, -0.05) is 18.2 Å². The molecule has 3 nitrogen and oxygen atoms in total. The van der Waals surface area contributed by atoms with Crippen molar-refractivity contribution in [1.82, 2.24) is 4.90 Å². The van der Waals surface area contributed by atoms with Crippen molar-refractivity contribution in [2.24, 2.45) is 0 Å². The van der Waals surface area contributed by atoms with Crippen LogP contribution >= 0.6 is 0 Å². The second-order valence-electron chi connectivity index (χ2n) is 5.08. The van der Waals surface area contributed by atoms with Crippen LogP contribution in [0.15, 0.2) is 30.3 Å². The van der Waals surface area contributed by atoms with E-state index < -0.39 is 0 Å². The second-order valence-corrected chi connectivity index (χ2v) is 5.08. The van der Waals surface area contributed by atoms with Crippen molar-refractivity contribution in [2.45, 2.75) is 18.9 Å². The summed E-state index contributed by atoms with van der Waals surface area (Å²) in [5.41, 5.74) is 1.36. The number of rotatable bonds is 6. The van der Waals surface area contributed by atoms with Crippen LogP contribution in [0.4, 0.5) is 5.69 Å². The molecule has 1 aromatic carbocycles. The molecule has 1 atom stereocenters. The highest BCUT2D eigenvalue weighted by atomic mass is 16.5. The van der Waals surface area contributed by atoms with Crippen LogP contribution in [0.3, 0.4) is 0 Å². The van der Waals surface area contributed by atoms with E-state index in [4.69, 9.17) is 4.74 Å². The van der Waals surface area contributed by atoms with Crippen molar-refractivity contribution in [3.05, 3.63) is 30.3 Å². The van der Waals surface area contributed by atoms with Gasteiger partial charge in [-0.05, 0) is 32.0 Å². The molecule has 1 saturated heterocycles. The average Bonchev–Trinajstić information content (AvgIpc) is 2.85. The van der Waals surface area contributed by atoms with Crippen molar-refractivity contribution >= 4 is 5.69 Å². The molecular weight excluding hydrogens is 224 g/mol. The fourth-order valence-electron chi connectivity index (χ4n) is 2.68. The molecule has 3 heteroatoms. The molecule has 1 fully saturated rings. The molecule has 1 aliphatic heterocycles. The molecule has 0 aliphatic carbocycles. The lowest BCUT2D eigenvalue weighted by Crippen LogP contribution is -2.39. The summed E-state index contributed by atoms with van der Waals surface area (Å²) in [7, 11) is 3.94. The second kappa shape index (κ2) is 6.76. The van der Waals surface area contributed by atoms with Crippen molar-refractivity contribution in [3.8, 4) is 0 Å². The van der Waals surface area contributed by atoms with E-state index in [0.717, 1.165) is 19.7 Å². The van der Waals surface area contributed by atoms with Crippen LogP contribution < -0.4 is 4.90 Å². The minimum atomic E-state index is 0.647. The smallest absolute Gasteiger partial charge is 0.0589 e. The van der Waals surface area contributed by atoms with Gasteiger partial charge in [0.05, 0.1) is 6.61 Å². The van der Waals surface area contributed by atoms with Crippen molar-refractivity contribution in [3.63, 3.8) is 0 Å². The third kappa shape index (κ3) is 3.47. The molecule has 0 bridgehead atoms. The van der Waals surface area contributed by atoms with Gasteiger partial charge in [-0.2, -0.15) is 0 Å². The van der Waals surface area contributed by atoms with E-state index in [1.54, 1.807) is 7.11 Å². The van der Waals surface area contributed by atoms with Gasteiger partial charge in [0.25, 0.3) is 0 Å². The van der Waals surface area contributed by atoms with E-state index in [9.17, 15) is 0 Å². The minimum absolute atomic E-state index is 0.647. The Labute approximate surface area is 110 Å². The number of nitrogens with zero attached hydrogens (tertiary/aromatic N) is 2. The number of hydrogen-bond acceptors (Lipinski definition) is 3. The van der Waals surface area contributed by atoms with Crippen LogP contribution in [0.25, 0.3) is 0 Å². The normalized spacial score (nSPS) is 19.7. The first-order valence-electron chi connectivity index (χ1n) is 6.80. The summed E-state index contributed by atoms with van der Waals surface area (Å²) in [6.45, 7) is 4.13. The Hall–Kier alpha value is -1.06. The topological polar surface area (TPSA) is 15.7 Å². The van der Waals surface area contributed by atoms with Crippen LogP contribution in [0, 0.1) is 0 Å². The Morgan fingerprint density at radius 2 is 2.11 bits per heavy atom. The van der Waals surface area contributed by atoms with Gasteiger partial charge in [0, 0.05) is 38.5 Å². The highest BCUT2D eigenvalue weighted by molar-refractivity contribution is 5.48. The first-order chi connectivity index (χ1) is 8.81. The summed E-state index contributed by atoms with van der Waals surface area (Å²) in [5, 5.41) is 0. The van der Waals surface area contributed by atoms with Gasteiger partial charge >= 0.3 is 0 Å². The third-order valence-electron chi connectivity index (χ3n) is 3.66. The predicted molar refractivity (Wildman–Crippen MR) is 76.2 cm³/mol. The maximum absolute atomic E-state index is 5.13. The fourth-order valence-corrected chi connectivity index (χ4v) is 2.68. The molecule has 0 N–H and O–H groups in total. The lowest BCUT2D eigenvalue weighted by Gasteiger charge is -2.30. The minimum Gasteiger partial charge on any atom is -0.383 e. The average molecular weight is 248 g/mol. The summed E-state index contributed by atoms with van der Waals surface area (Å²) in [4.78, 5) is 4.92. The highest BCUT2D eigenvalue weighted by Crippen LogP contribution is 2.25. The van der Waals surface area contributed by atoms with Gasteiger partial charge < -0.3 is 14.5 Å². The molecule has 1 heterocycles. The van der Waals surface area contributed by atoms with Gasteiger partial charge in [-0.15, -0.1) is 0 Å². The molecule has 0 aromatic heterocycles.